The number of halogens is 3. The maximum absolute atomic E-state index is 12.5. The molecule has 1 unspecified atom stereocenters. The lowest BCUT2D eigenvalue weighted by Crippen LogP contribution is -2.25. The molecule has 2 fully saturated rings. The van der Waals surface area contributed by atoms with E-state index in [4.69, 9.17) is 0 Å². The van der Waals surface area contributed by atoms with E-state index in [1.807, 2.05) is 7.05 Å². The van der Waals surface area contributed by atoms with Gasteiger partial charge in [-0.3, -0.25) is 0 Å². The van der Waals surface area contributed by atoms with Gasteiger partial charge in [0, 0.05) is 17.9 Å². The molecule has 0 aromatic carbocycles. The van der Waals surface area contributed by atoms with Gasteiger partial charge in [-0.2, -0.15) is 0 Å². The van der Waals surface area contributed by atoms with Crippen molar-refractivity contribution in [1.29, 1.82) is 0 Å². The Morgan fingerprint density at radius 1 is 1.27 bits per heavy atom. The van der Waals surface area contributed by atoms with Gasteiger partial charge in [-0.05, 0) is 19.9 Å². The van der Waals surface area contributed by atoms with E-state index in [2.05, 4.69) is 5.32 Å². The lowest BCUT2D eigenvalue weighted by Gasteiger charge is -2.11. The van der Waals surface area contributed by atoms with Gasteiger partial charge in [-0.25, -0.2) is 8.78 Å². The highest BCUT2D eigenvalue weighted by Crippen LogP contribution is 2.63. The molecule has 0 aromatic rings. The molecular formula is C7H12ClF2N. The minimum atomic E-state index is -2.30. The van der Waals surface area contributed by atoms with Gasteiger partial charge in [-0.15, -0.1) is 12.4 Å². The van der Waals surface area contributed by atoms with E-state index < -0.39 is 5.92 Å². The Balaban J connectivity index is 0.000000605. The van der Waals surface area contributed by atoms with Crippen LogP contribution in [0.3, 0.4) is 0 Å². The first-order valence-electron chi connectivity index (χ1n) is 3.71. The molecule has 2 aliphatic rings. The molecule has 1 N–H and O–H groups in total. The largest absolute Gasteiger partial charge is 0.317 e. The number of nitrogens with one attached hydrogen (secondary N) is 1. The number of alkyl halides is 2. The van der Waals surface area contributed by atoms with Gasteiger partial charge in [-0.1, -0.05) is 0 Å². The predicted molar refractivity (Wildman–Crippen MR) is 41.3 cm³/mol. The van der Waals surface area contributed by atoms with Gasteiger partial charge in [0.05, 0.1) is 0 Å². The van der Waals surface area contributed by atoms with Crippen LogP contribution in [0.2, 0.25) is 0 Å². The molecule has 0 amide bonds. The summed E-state index contributed by atoms with van der Waals surface area (Å²) in [5.74, 6) is -2.87. The summed E-state index contributed by atoms with van der Waals surface area (Å²) in [5, 5.41) is 3.03. The Labute approximate surface area is 71.0 Å². The highest BCUT2D eigenvalue weighted by Gasteiger charge is 2.71. The molecule has 2 saturated carbocycles. The summed E-state index contributed by atoms with van der Waals surface area (Å²) < 4.78 is 25.0. The Hall–Kier alpha value is 0.110. The van der Waals surface area contributed by atoms with Crippen LogP contribution in [0.1, 0.15) is 12.8 Å². The van der Waals surface area contributed by atoms with E-state index >= 15 is 0 Å². The molecule has 0 aromatic heterocycles. The Kier molecular flexibility index (Phi) is 2.14. The zero-order chi connectivity index (χ0) is 7.35. The molecule has 2 rings (SSSR count). The van der Waals surface area contributed by atoms with Crippen molar-refractivity contribution in [3.63, 3.8) is 0 Å². The average Bonchev–Trinajstić information content (AvgIpc) is 2.37. The fraction of sp³-hybridized carbons (Fsp3) is 1.00. The molecule has 0 bridgehead atoms. The normalized spacial score (nSPS) is 44.5. The SMILES string of the molecule is CNC1C[C@@H]2[C@H](C1)C2(F)F.Cl. The molecular weight excluding hydrogens is 172 g/mol. The van der Waals surface area contributed by atoms with Crippen LogP contribution in [-0.4, -0.2) is 19.0 Å². The molecule has 2 aliphatic carbocycles. The van der Waals surface area contributed by atoms with Crippen molar-refractivity contribution in [3.8, 4) is 0 Å². The lowest BCUT2D eigenvalue weighted by molar-refractivity contribution is 0.0680. The smallest absolute Gasteiger partial charge is 0.254 e. The van der Waals surface area contributed by atoms with Gasteiger partial charge in [0.1, 0.15) is 0 Å². The van der Waals surface area contributed by atoms with Crippen molar-refractivity contribution in [2.24, 2.45) is 11.8 Å². The van der Waals surface area contributed by atoms with Crippen molar-refractivity contribution >= 4 is 12.4 Å². The van der Waals surface area contributed by atoms with Crippen LogP contribution in [-0.2, 0) is 0 Å². The van der Waals surface area contributed by atoms with E-state index in [-0.39, 0.29) is 24.2 Å². The minimum Gasteiger partial charge on any atom is -0.317 e. The van der Waals surface area contributed by atoms with E-state index in [1.165, 1.54) is 0 Å². The second kappa shape index (κ2) is 2.56. The second-order valence-electron chi connectivity index (χ2n) is 3.34. The van der Waals surface area contributed by atoms with E-state index in [0.29, 0.717) is 18.9 Å². The van der Waals surface area contributed by atoms with Crippen molar-refractivity contribution < 1.29 is 8.78 Å². The van der Waals surface area contributed by atoms with Crippen LogP contribution in [0.4, 0.5) is 8.78 Å². The van der Waals surface area contributed by atoms with E-state index in [1.54, 1.807) is 0 Å². The number of rotatable bonds is 1. The molecule has 1 nitrogen and oxygen atoms in total. The standard InChI is InChI=1S/C7H11F2N.ClH/c1-10-4-2-5-6(3-4)7(5,8)9;/h4-6,10H,2-3H2,1H3;1H/t4?,5-,6+;. The Morgan fingerprint density at radius 2 is 1.73 bits per heavy atom. The van der Waals surface area contributed by atoms with Gasteiger partial charge in [0.2, 0.25) is 0 Å². The molecule has 4 heteroatoms. The van der Waals surface area contributed by atoms with Crippen LogP contribution < -0.4 is 5.32 Å². The zero-order valence-corrected chi connectivity index (χ0v) is 7.13. The minimum absolute atomic E-state index is 0. The van der Waals surface area contributed by atoms with Gasteiger partial charge < -0.3 is 5.32 Å². The number of hydrogen-bond donors (Lipinski definition) is 1. The first-order valence-corrected chi connectivity index (χ1v) is 3.71. The Bertz CT molecular complexity index is 149. The lowest BCUT2D eigenvalue weighted by atomic mass is 10.1. The maximum Gasteiger partial charge on any atom is 0.254 e. The monoisotopic (exact) mass is 183 g/mol. The highest BCUT2D eigenvalue weighted by atomic mass is 35.5. The summed E-state index contributed by atoms with van der Waals surface area (Å²) in [6, 6.07) is 0.356. The summed E-state index contributed by atoms with van der Waals surface area (Å²) in [6.45, 7) is 0. The summed E-state index contributed by atoms with van der Waals surface area (Å²) in [7, 11) is 1.84. The first-order chi connectivity index (χ1) is 4.66. The third-order valence-corrected chi connectivity index (χ3v) is 2.85. The Morgan fingerprint density at radius 3 is 2.09 bits per heavy atom. The molecule has 0 heterocycles. The highest BCUT2D eigenvalue weighted by molar-refractivity contribution is 5.85. The van der Waals surface area contributed by atoms with Crippen molar-refractivity contribution in [3.05, 3.63) is 0 Å². The first kappa shape index (κ1) is 9.20. The summed E-state index contributed by atoms with van der Waals surface area (Å²) >= 11 is 0. The summed E-state index contributed by atoms with van der Waals surface area (Å²) in [4.78, 5) is 0. The third kappa shape index (κ3) is 1.14. The molecule has 66 valence electrons. The van der Waals surface area contributed by atoms with Gasteiger partial charge in [0.15, 0.2) is 0 Å². The number of hydrogen-bond acceptors (Lipinski definition) is 1. The fourth-order valence-corrected chi connectivity index (χ4v) is 2.05. The summed E-state index contributed by atoms with van der Waals surface area (Å²) in [5.41, 5.74) is 0. The second-order valence-corrected chi connectivity index (χ2v) is 3.34. The topological polar surface area (TPSA) is 12.0 Å². The summed E-state index contributed by atoms with van der Waals surface area (Å²) in [6.07, 6.45) is 1.35. The number of fused-ring (bicyclic) bond motifs is 1. The van der Waals surface area contributed by atoms with E-state index in [0.717, 1.165) is 0 Å². The molecule has 0 aliphatic heterocycles. The molecule has 0 spiro atoms. The van der Waals surface area contributed by atoms with Crippen molar-refractivity contribution in [1.82, 2.24) is 5.32 Å². The van der Waals surface area contributed by atoms with Crippen molar-refractivity contribution in [2.75, 3.05) is 7.05 Å². The third-order valence-electron chi connectivity index (χ3n) is 2.85. The molecule has 11 heavy (non-hydrogen) atoms. The van der Waals surface area contributed by atoms with E-state index in [9.17, 15) is 8.78 Å². The van der Waals surface area contributed by atoms with Crippen LogP contribution in [0.25, 0.3) is 0 Å². The zero-order valence-electron chi connectivity index (χ0n) is 6.31. The molecule has 0 radical (unpaired) electrons. The van der Waals surface area contributed by atoms with Gasteiger partial charge in [0.25, 0.3) is 5.92 Å². The van der Waals surface area contributed by atoms with Crippen molar-refractivity contribution in [2.45, 2.75) is 24.8 Å². The van der Waals surface area contributed by atoms with Crippen LogP contribution in [0, 0.1) is 11.8 Å². The quantitative estimate of drug-likeness (QED) is 0.652. The maximum atomic E-state index is 12.5. The average molecular weight is 184 g/mol. The fourth-order valence-electron chi connectivity index (χ4n) is 2.05. The van der Waals surface area contributed by atoms with Crippen LogP contribution >= 0.6 is 12.4 Å². The van der Waals surface area contributed by atoms with Gasteiger partial charge >= 0.3 is 0 Å². The van der Waals surface area contributed by atoms with Crippen LogP contribution in [0.5, 0.6) is 0 Å². The molecule has 3 atom stereocenters. The predicted octanol–water partition coefficient (Wildman–Crippen LogP) is 1.67. The van der Waals surface area contributed by atoms with Crippen LogP contribution in [0.15, 0.2) is 0 Å². The molecule has 0 saturated heterocycles.